The lowest BCUT2D eigenvalue weighted by atomic mass is 10.0. The molecule has 1 unspecified atom stereocenters. The molecule has 1 atom stereocenters. The van der Waals surface area contributed by atoms with E-state index in [2.05, 4.69) is 21.2 Å². The van der Waals surface area contributed by atoms with Crippen LogP contribution in [0, 0.1) is 5.92 Å². The highest BCUT2D eigenvalue weighted by atomic mass is 79.9. The smallest absolute Gasteiger partial charge is 0.303 e. The summed E-state index contributed by atoms with van der Waals surface area (Å²) in [6.45, 7) is 1.72. The minimum absolute atomic E-state index is 0.0193. The van der Waals surface area contributed by atoms with Gasteiger partial charge in [0.2, 0.25) is 5.91 Å². The van der Waals surface area contributed by atoms with E-state index < -0.39 is 5.97 Å². The first-order valence-corrected chi connectivity index (χ1v) is 6.52. The number of hydrogen-bond donors (Lipinski definition) is 2. The van der Waals surface area contributed by atoms with Gasteiger partial charge in [-0.3, -0.25) is 9.59 Å². The van der Waals surface area contributed by atoms with Crippen LogP contribution < -0.4 is 5.32 Å². The third-order valence-electron chi connectivity index (χ3n) is 2.26. The van der Waals surface area contributed by atoms with Crippen LogP contribution in [0.25, 0.3) is 0 Å². The molecule has 6 heteroatoms. The molecule has 98 valence electrons. The normalized spacial score (nSPS) is 11.9. The van der Waals surface area contributed by atoms with E-state index in [9.17, 15) is 9.59 Å². The number of anilines is 1. The zero-order chi connectivity index (χ0) is 13.7. The summed E-state index contributed by atoms with van der Waals surface area (Å²) in [6, 6.07) is 5.08. The van der Waals surface area contributed by atoms with E-state index in [1.54, 1.807) is 25.1 Å². The van der Waals surface area contributed by atoms with E-state index in [0.29, 0.717) is 10.7 Å². The van der Waals surface area contributed by atoms with Crippen molar-refractivity contribution in [1.29, 1.82) is 0 Å². The first kappa shape index (κ1) is 15.0. The van der Waals surface area contributed by atoms with Crippen molar-refractivity contribution in [3.8, 4) is 0 Å². The summed E-state index contributed by atoms with van der Waals surface area (Å²) in [6.07, 6.45) is 0.147. The molecule has 1 aromatic rings. The Morgan fingerprint density at radius 1 is 1.44 bits per heavy atom. The van der Waals surface area contributed by atoms with Crippen LogP contribution in [0.2, 0.25) is 5.02 Å². The van der Waals surface area contributed by atoms with E-state index in [1.165, 1.54) is 0 Å². The number of carboxylic acid groups (broad SMARTS) is 1. The zero-order valence-corrected chi connectivity index (χ0v) is 12.1. The van der Waals surface area contributed by atoms with Crippen molar-refractivity contribution < 1.29 is 14.7 Å². The predicted octanol–water partition coefficient (Wildman–Crippen LogP) is 3.54. The fourth-order valence-electron chi connectivity index (χ4n) is 1.47. The highest BCUT2D eigenvalue weighted by molar-refractivity contribution is 9.10. The topological polar surface area (TPSA) is 66.4 Å². The summed E-state index contributed by atoms with van der Waals surface area (Å²) >= 11 is 9.15. The maximum Gasteiger partial charge on any atom is 0.303 e. The Morgan fingerprint density at radius 2 is 2.11 bits per heavy atom. The van der Waals surface area contributed by atoms with Gasteiger partial charge in [0.15, 0.2) is 0 Å². The number of carbonyl (C=O) groups excluding carboxylic acids is 1. The Hall–Kier alpha value is -1.07. The maximum absolute atomic E-state index is 11.6. The van der Waals surface area contributed by atoms with Gasteiger partial charge in [0, 0.05) is 23.0 Å². The third-order valence-corrected chi connectivity index (χ3v) is 3.49. The lowest BCUT2D eigenvalue weighted by Gasteiger charge is -2.10. The van der Waals surface area contributed by atoms with Crippen molar-refractivity contribution in [1.82, 2.24) is 0 Å². The second kappa shape index (κ2) is 6.75. The fraction of sp³-hybridized carbons (Fsp3) is 0.333. The molecule has 0 aliphatic rings. The van der Waals surface area contributed by atoms with Crippen molar-refractivity contribution in [3.63, 3.8) is 0 Å². The van der Waals surface area contributed by atoms with Crippen LogP contribution in [0.3, 0.4) is 0 Å². The first-order valence-electron chi connectivity index (χ1n) is 5.35. The molecule has 0 saturated carbocycles. The summed E-state index contributed by atoms with van der Waals surface area (Å²) in [5.74, 6) is -1.32. The van der Waals surface area contributed by atoms with Gasteiger partial charge >= 0.3 is 5.97 Å². The lowest BCUT2D eigenvalue weighted by Crippen LogP contribution is -2.16. The summed E-state index contributed by atoms with van der Waals surface area (Å²) in [5.41, 5.74) is 0.593. The van der Waals surface area contributed by atoms with E-state index in [1.807, 2.05) is 0 Å². The van der Waals surface area contributed by atoms with Gasteiger partial charge in [-0.2, -0.15) is 0 Å². The van der Waals surface area contributed by atoms with Gasteiger partial charge < -0.3 is 10.4 Å². The van der Waals surface area contributed by atoms with Crippen LogP contribution in [0.5, 0.6) is 0 Å². The van der Waals surface area contributed by atoms with Crippen LogP contribution in [0.4, 0.5) is 5.69 Å². The Balaban J connectivity index is 2.54. The van der Waals surface area contributed by atoms with Gasteiger partial charge in [0.05, 0.1) is 5.02 Å². The monoisotopic (exact) mass is 333 g/mol. The molecule has 1 rings (SSSR count). The van der Waals surface area contributed by atoms with Crippen LogP contribution >= 0.6 is 27.5 Å². The van der Waals surface area contributed by atoms with Crippen LogP contribution in [-0.4, -0.2) is 17.0 Å². The van der Waals surface area contributed by atoms with Crippen molar-refractivity contribution in [2.45, 2.75) is 19.8 Å². The van der Waals surface area contributed by atoms with Gasteiger partial charge in [0.1, 0.15) is 0 Å². The van der Waals surface area contributed by atoms with Gasteiger partial charge in [-0.1, -0.05) is 18.5 Å². The molecule has 0 aliphatic carbocycles. The van der Waals surface area contributed by atoms with Crippen molar-refractivity contribution >= 4 is 45.1 Å². The molecular weight excluding hydrogens is 321 g/mol. The van der Waals surface area contributed by atoms with Gasteiger partial charge in [0.25, 0.3) is 0 Å². The number of amides is 1. The highest BCUT2D eigenvalue weighted by Gasteiger charge is 2.13. The van der Waals surface area contributed by atoms with E-state index in [-0.39, 0.29) is 24.7 Å². The van der Waals surface area contributed by atoms with Crippen molar-refractivity contribution in [2.24, 2.45) is 5.92 Å². The molecular formula is C12H13BrClNO3. The second-order valence-electron chi connectivity index (χ2n) is 4.08. The van der Waals surface area contributed by atoms with Crippen LogP contribution in [0.1, 0.15) is 19.8 Å². The van der Waals surface area contributed by atoms with E-state index in [0.717, 1.165) is 4.47 Å². The number of nitrogens with one attached hydrogen (secondary N) is 1. The summed E-state index contributed by atoms with van der Waals surface area (Å²) in [7, 11) is 0. The maximum atomic E-state index is 11.6. The number of rotatable bonds is 5. The summed E-state index contributed by atoms with van der Waals surface area (Å²) in [4.78, 5) is 22.1. The minimum Gasteiger partial charge on any atom is -0.481 e. The average molecular weight is 335 g/mol. The number of hydrogen-bond acceptors (Lipinski definition) is 2. The molecule has 0 aromatic heterocycles. The minimum atomic E-state index is -0.901. The van der Waals surface area contributed by atoms with E-state index >= 15 is 0 Å². The van der Waals surface area contributed by atoms with Gasteiger partial charge in [-0.05, 0) is 40.0 Å². The molecule has 4 nitrogen and oxygen atoms in total. The van der Waals surface area contributed by atoms with Crippen molar-refractivity contribution in [2.75, 3.05) is 5.32 Å². The molecule has 0 aliphatic heterocycles. The molecule has 0 heterocycles. The Labute approximate surface area is 118 Å². The quantitative estimate of drug-likeness (QED) is 0.865. The zero-order valence-electron chi connectivity index (χ0n) is 9.74. The Kier molecular flexibility index (Phi) is 5.62. The SMILES string of the molecule is CC(CC(=O)O)CC(=O)Nc1ccc(Br)c(Cl)c1. The number of benzene rings is 1. The summed E-state index contributed by atoms with van der Waals surface area (Å²) < 4.78 is 0.751. The fourth-order valence-corrected chi connectivity index (χ4v) is 1.90. The van der Waals surface area contributed by atoms with Gasteiger partial charge in [-0.25, -0.2) is 0 Å². The highest BCUT2D eigenvalue weighted by Crippen LogP contribution is 2.25. The second-order valence-corrected chi connectivity index (χ2v) is 5.35. The predicted molar refractivity (Wildman–Crippen MR) is 73.8 cm³/mol. The summed E-state index contributed by atoms with van der Waals surface area (Å²) in [5, 5.41) is 11.8. The average Bonchev–Trinajstić information content (AvgIpc) is 2.21. The van der Waals surface area contributed by atoms with Crippen LogP contribution in [0.15, 0.2) is 22.7 Å². The van der Waals surface area contributed by atoms with Crippen LogP contribution in [-0.2, 0) is 9.59 Å². The third kappa shape index (κ3) is 5.06. The molecule has 1 aromatic carbocycles. The first-order chi connectivity index (χ1) is 8.38. The molecule has 0 spiro atoms. The molecule has 1 amide bonds. The number of carbonyl (C=O) groups is 2. The Bertz CT molecular complexity index is 465. The molecule has 2 N–H and O–H groups in total. The molecule has 0 fully saturated rings. The molecule has 0 saturated heterocycles. The number of carboxylic acids is 1. The lowest BCUT2D eigenvalue weighted by molar-refractivity contribution is -0.138. The molecule has 18 heavy (non-hydrogen) atoms. The van der Waals surface area contributed by atoms with E-state index in [4.69, 9.17) is 16.7 Å². The Morgan fingerprint density at radius 3 is 2.67 bits per heavy atom. The molecule has 0 bridgehead atoms. The standard InChI is InChI=1S/C12H13BrClNO3/c1-7(5-12(17)18)4-11(16)15-8-2-3-9(13)10(14)6-8/h2-3,6-7H,4-5H2,1H3,(H,15,16)(H,17,18). The van der Waals surface area contributed by atoms with Crippen molar-refractivity contribution in [3.05, 3.63) is 27.7 Å². The number of halogens is 2. The largest absolute Gasteiger partial charge is 0.481 e. The molecule has 0 radical (unpaired) electrons. The number of aliphatic carboxylic acids is 1. The van der Waals surface area contributed by atoms with Gasteiger partial charge in [-0.15, -0.1) is 0 Å².